The van der Waals surface area contributed by atoms with Crippen molar-refractivity contribution in [3.8, 4) is 0 Å². The van der Waals surface area contributed by atoms with Gasteiger partial charge in [0, 0.05) is 12.8 Å². The zero-order valence-electron chi connectivity index (χ0n) is 45.6. The van der Waals surface area contributed by atoms with Gasteiger partial charge in [0.2, 0.25) is 5.91 Å². The first-order valence-corrected chi connectivity index (χ1v) is 30.2. The highest BCUT2D eigenvalue weighted by molar-refractivity contribution is 5.76. The summed E-state index contributed by atoms with van der Waals surface area (Å²) in [5.74, 6) is -0.0442. The molecule has 3 N–H and O–H groups in total. The number of hydrogen-bond donors (Lipinski definition) is 3. The Hall–Kier alpha value is -1.92. The average Bonchev–Trinajstić information content (AvgIpc) is 3.34. The summed E-state index contributed by atoms with van der Waals surface area (Å²) in [7, 11) is 0. The number of carbonyl (C=O) groups excluding carboxylic acids is 2. The van der Waals surface area contributed by atoms with E-state index in [0.29, 0.717) is 25.9 Å². The van der Waals surface area contributed by atoms with Crippen molar-refractivity contribution in [2.24, 2.45) is 0 Å². The number of amides is 1. The molecule has 2 unspecified atom stereocenters. The molecule has 6 heteroatoms. The standard InChI is InChI=1S/C62H117NO5/c1-3-5-7-9-11-13-15-17-27-31-34-38-42-46-50-54-60(65)59(58-64)63-61(66)55-51-47-43-39-35-32-28-25-23-21-19-18-20-22-24-26-29-33-37-41-45-49-53-57-68-62(67)56-52-48-44-40-36-30-16-14-12-10-8-6-4-2/h8,10,14,16,21,23,59-60,64-65H,3-7,9,11-13,15,17-20,22,24-58H2,1-2H3,(H,63,66)/b10-8-,16-14-,23-21-. The Morgan fingerprint density at radius 2 is 0.765 bits per heavy atom. The van der Waals surface area contributed by atoms with Crippen molar-refractivity contribution in [1.82, 2.24) is 5.32 Å². The molecule has 1 amide bonds. The molecule has 0 aliphatic heterocycles. The first kappa shape index (κ1) is 66.1. The Morgan fingerprint density at radius 1 is 0.412 bits per heavy atom. The van der Waals surface area contributed by atoms with Crippen LogP contribution in [0.25, 0.3) is 0 Å². The molecule has 0 saturated heterocycles. The van der Waals surface area contributed by atoms with Gasteiger partial charge in [-0.1, -0.05) is 269 Å². The number of hydrogen-bond acceptors (Lipinski definition) is 5. The van der Waals surface area contributed by atoms with Gasteiger partial charge in [-0.3, -0.25) is 9.59 Å². The minimum atomic E-state index is -0.668. The fraction of sp³-hybridized carbons (Fsp3) is 0.871. The lowest BCUT2D eigenvalue weighted by Gasteiger charge is -2.22. The van der Waals surface area contributed by atoms with Crippen LogP contribution in [0.5, 0.6) is 0 Å². The van der Waals surface area contributed by atoms with Crippen molar-refractivity contribution in [2.45, 2.75) is 334 Å². The van der Waals surface area contributed by atoms with Gasteiger partial charge in [-0.05, 0) is 77.0 Å². The van der Waals surface area contributed by atoms with Crippen LogP contribution in [0, 0.1) is 0 Å². The fourth-order valence-corrected chi connectivity index (χ4v) is 9.26. The first-order valence-electron chi connectivity index (χ1n) is 30.2. The van der Waals surface area contributed by atoms with Crippen LogP contribution in [0.4, 0.5) is 0 Å². The van der Waals surface area contributed by atoms with E-state index in [4.69, 9.17) is 4.74 Å². The summed E-state index contributed by atoms with van der Waals surface area (Å²) in [6, 6.07) is -0.546. The van der Waals surface area contributed by atoms with Gasteiger partial charge in [-0.15, -0.1) is 0 Å². The molecule has 0 aromatic rings. The predicted octanol–water partition coefficient (Wildman–Crippen LogP) is 18.8. The molecule has 0 saturated carbocycles. The quantitative estimate of drug-likeness (QED) is 0.0321. The summed E-state index contributed by atoms with van der Waals surface area (Å²) in [5, 5.41) is 23.3. The molecule has 0 aromatic heterocycles. The van der Waals surface area contributed by atoms with Crippen molar-refractivity contribution in [2.75, 3.05) is 13.2 Å². The maximum atomic E-state index is 12.5. The van der Waals surface area contributed by atoms with Gasteiger partial charge in [0.1, 0.15) is 0 Å². The third kappa shape index (κ3) is 53.4. The summed E-state index contributed by atoms with van der Waals surface area (Å²) in [5.41, 5.74) is 0. The van der Waals surface area contributed by atoms with Crippen molar-refractivity contribution < 1.29 is 24.5 Å². The van der Waals surface area contributed by atoms with E-state index < -0.39 is 12.1 Å². The number of allylic oxidation sites excluding steroid dienone is 6. The minimum absolute atomic E-state index is 0.00394. The lowest BCUT2D eigenvalue weighted by Crippen LogP contribution is -2.45. The molecule has 6 nitrogen and oxygen atoms in total. The van der Waals surface area contributed by atoms with Gasteiger partial charge in [-0.25, -0.2) is 0 Å². The maximum Gasteiger partial charge on any atom is 0.305 e. The van der Waals surface area contributed by atoms with E-state index in [2.05, 4.69) is 55.6 Å². The molecule has 0 fully saturated rings. The molecule has 2 atom stereocenters. The minimum Gasteiger partial charge on any atom is -0.466 e. The largest absolute Gasteiger partial charge is 0.466 e. The molecule has 0 aromatic carbocycles. The van der Waals surface area contributed by atoms with Crippen molar-refractivity contribution in [3.05, 3.63) is 36.5 Å². The van der Waals surface area contributed by atoms with Crippen LogP contribution >= 0.6 is 0 Å². The second kappa shape index (κ2) is 57.7. The van der Waals surface area contributed by atoms with Gasteiger partial charge >= 0.3 is 5.97 Å². The highest BCUT2D eigenvalue weighted by Crippen LogP contribution is 2.17. The van der Waals surface area contributed by atoms with Crippen LogP contribution < -0.4 is 5.32 Å². The van der Waals surface area contributed by atoms with Gasteiger partial charge in [0.15, 0.2) is 0 Å². The lowest BCUT2D eigenvalue weighted by molar-refractivity contribution is -0.143. The molecule has 0 aliphatic rings. The van der Waals surface area contributed by atoms with Gasteiger partial charge in [-0.2, -0.15) is 0 Å². The number of aliphatic hydroxyl groups excluding tert-OH is 2. The van der Waals surface area contributed by atoms with E-state index in [-0.39, 0.29) is 18.5 Å². The number of esters is 1. The zero-order valence-corrected chi connectivity index (χ0v) is 45.6. The summed E-state index contributed by atoms with van der Waals surface area (Å²) in [4.78, 5) is 24.5. The van der Waals surface area contributed by atoms with E-state index in [0.717, 1.165) is 51.4 Å². The van der Waals surface area contributed by atoms with E-state index in [9.17, 15) is 19.8 Å². The number of ether oxygens (including phenoxy) is 1. The highest BCUT2D eigenvalue weighted by atomic mass is 16.5. The Balaban J connectivity index is 3.42. The van der Waals surface area contributed by atoms with Crippen LogP contribution in [0.2, 0.25) is 0 Å². The third-order valence-electron chi connectivity index (χ3n) is 13.9. The Morgan fingerprint density at radius 3 is 1.19 bits per heavy atom. The normalized spacial score (nSPS) is 12.8. The van der Waals surface area contributed by atoms with Crippen molar-refractivity contribution in [1.29, 1.82) is 0 Å². The Bertz CT molecular complexity index is 1100. The summed E-state index contributed by atoms with van der Waals surface area (Å²) in [6.07, 6.45) is 71.5. The fourth-order valence-electron chi connectivity index (χ4n) is 9.26. The number of aliphatic hydroxyl groups is 2. The molecular weight excluding hydrogens is 839 g/mol. The first-order chi connectivity index (χ1) is 33.5. The molecule has 0 aliphatic carbocycles. The maximum absolute atomic E-state index is 12.5. The van der Waals surface area contributed by atoms with Gasteiger partial charge in [0.05, 0.1) is 25.4 Å². The van der Waals surface area contributed by atoms with Crippen molar-refractivity contribution in [3.63, 3.8) is 0 Å². The van der Waals surface area contributed by atoms with E-state index >= 15 is 0 Å². The average molecular weight is 957 g/mol. The molecule has 0 bridgehead atoms. The zero-order chi connectivity index (χ0) is 49.3. The number of nitrogens with one attached hydrogen (secondary N) is 1. The lowest BCUT2D eigenvalue weighted by atomic mass is 10.0. The molecule has 0 spiro atoms. The van der Waals surface area contributed by atoms with Crippen LogP contribution in [-0.2, 0) is 14.3 Å². The van der Waals surface area contributed by atoms with E-state index in [1.807, 2.05) is 0 Å². The van der Waals surface area contributed by atoms with E-state index in [1.165, 1.54) is 238 Å². The van der Waals surface area contributed by atoms with Crippen LogP contribution in [-0.4, -0.2) is 47.4 Å². The second-order valence-electron chi connectivity index (χ2n) is 20.7. The van der Waals surface area contributed by atoms with Gasteiger partial charge < -0.3 is 20.3 Å². The molecule has 0 radical (unpaired) electrons. The smallest absolute Gasteiger partial charge is 0.305 e. The van der Waals surface area contributed by atoms with Crippen LogP contribution in [0.15, 0.2) is 36.5 Å². The molecule has 0 heterocycles. The summed E-state index contributed by atoms with van der Waals surface area (Å²) < 4.78 is 5.46. The number of unbranched alkanes of at least 4 members (excludes halogenated alkanes) is 39. The summed E-state index contributed by atoms with van der Waals surface area (Å²) >= 11 is 0. The van der Waals surface area contributed by atoms with E-state index in [1.54, 1.807) is 0 Å². The highest BCUT2D eigenvalue weighted by Gasteiger charge is 2.20. The molecule has 68 heavy (non-hydrogen) atoms. The monoisotopic (exact) mass is 956 g/mol. The second-order valence-corrected chi connectivity index (χ2v) is 20.7. The number of rotatable bonds is 56. The van der Waals surface area contributed by atoms with Crippen LogP contribution in [0.3, 0.4) is 0 Å². The number of carbonyl (C=O) groups is 2. The van der Waals surface area contributed by atoms with Crippen molar-refractivity contribution >= 4 is 11.9 Å². The molecule has 400 valence electrons. The SMILES string of the molecule is CCC/C=C\C/C=C\CCCCCCCC(=O)OCCCCCCCCCCCCCC/C=C\CCCCCCCCCC(=O)NC(CO)C(O)CCCCCCCCCCCCCCCCC. The van der Waals surface area contributed by atoms with Crippen LogP contribution in [0.1, 0.15) is 322 Å². The van der Waals surface area contributed by atoms with Gasteiger partial charge in [0.25, 0.3) is 0 Å². The topological polar surface area (TPSA) is 95.9 Å². The predicted molar refractivity (Wildman–Crippen MR) is 296 cm³/mol. The third-order valence-corrected chi connectivity index (χ3v) is 13.9. The molecule has 0 rings (SSSR count). The Labute approximate surface area is 424 Å². The Kier molecular flexibility index (Phi) is 56.0. The summed E-state index contributed by atoms with van der Waals surface area (Å²) in [6.45, 7) is 4.89. The molecular formula is C62H117NO5.